The molecule has 0 saturated heterocycles. The molecule has 7 nitrogen and oxygen atoms in total. The van der Waals surface area contributed by atoms with Crippen molar-refractivity contribution < 1.29 is 14.3 Å². The first-order chi connectivity index (χ1) is 11.0. The van der Waals surface area contributed by atoms with E-state index in [0.717, 1.165) is 0 Å². The van der Waals surface area contributed by atoms with Crippen molar-refractivity contribution in [2.45, 2.75) is 20.8 Å². The minimum Gasteiger partial charge on any atom is -0.462 e. The highest BCUT2D eigenvalue weighted by Crippen LogP contribution is 2.22. The Hall–Kier alpha value is -1.83. The number of nitrogens with zero attached hydrogens (tertiary/aromatic N) is 2. The molecule has 4 N–H and O–H groups in total. The summed E-state index contributed by atoms with van der Waals surface area (Å²) in [7, 11) is 1.63. The predicted molar refractivity (Wildman–Crippen MR) is 92.8 cm³/mol. The van der Waals surface area contributed by atoms with E-state index < -0.39 is 5.97 Å². The van der Waals surface area contributed by atoms with Gasteiger partial charge in [-0.2, -0.15) is 5.10 Å². The molecule has 0 fully saturated rings. The number of ether oxygens (including phenoxy) is 2. The topological polar surface area (TPSA) is 105 Å². The molecule has 0 spiro atoms. The number of methoxy groups -OCH3 is 1. The van der Waals surface area contributed by atoms with Gasteiger partial charge in [-0.05, 0) is 13.0 Å². The molecule has 0 aliphatic rings. The van der Waals surface area contributed by atoms with E-state index in [4.69, 9.17) is 27.8 Å². The molecule has 0 saturated carbocycles. The molecule has 8 heteroatoms. The van der Waals surface area contributed by atoms with Crippen LogP contribution in [0.15, 0.2) is 18.5 Å². The Labute approximate surface area is 141 Å². The van der Waals surface area contributed by atoms with Crippen molar-refractivity contribution in [3.8, 4) is 0 Å². The summed E-state index contributed by atoms with van der Waals surface area (Å²) in [5.41, 5.74) is 12.0. The molecular formula is C15H25ClN4O3. The summed E-state index contributed by atoms with van der Waals surface area (Å²) < 4.78 is 11.0. The van der Waals surface area contributed by atoms with Gasteiger partial charge in [-0.15, -0.1) is 0 Å². The van der Waals surface area contributed by atoms with Gasteiger partial charge in [0.05, 0.1) is 35.6 Å². The standard InChI is InChI=1S/C10H10ClN3O2.C3H9NO.C2H6/c1-2-16-10(15)6-4-13-14-5-7(11)8(12)3-9(6)14;1-5-3-2-4;1-2/h3-5H,2,12H2,1H3;2-4H2,1H3;1-2H3. The van der Waals surface area contributed by atoms with Gasteiger partial charge in [0, 0.05) is 19.9 Å². The second-order valence-electron chi connectivity index (χ2n) is 3.97. The number of hydrogen-bond acceptors (Lipinski definition) is 6. The number of fused-ring (bicyclic) bond motifs is 1. The zero-order valence-corrected chi connectivity index (χ0v) is 14.8. The Morgan fingerprint density at radius 1 is 1.43 bits per heavy atom. The molecule has 0 atom stereocenters. The first kappa shape index (κ1) is 21.2. The number of nitrogen functional groups attached to an aromatic ring is 1. The number of hydrogen-bond donors (Lipinski definition) is 2. The maximum atomic E-state index is 11.6. The van der Waals surface area contributed by atoms with Crippen LogP contribution >= 0.6 is 11.6 Å². The van der Waals surface area contributed by atoms with Crippen LogP contribution in [0.25, 0.3) is 5.52 Å². The summed E-state index contributed by atoms with van der Waals surface area (Å²) in [4.78, 5) is 11.6. The van der Waals surface area contributed by atoms with E-state index in [1.54, 1.807) is 26.3 Å². The second kappa shape index (κ2) is 11.7. The van der Waals surface area contributed by atoms with Crippen molar-refractivity contribution in [2.75, 3.05) is 32.6 Å². The highest BCUT2D eigenvalue weighted by atomic mass is 35.5. The number of rotatable bonds is 4. The Balaban J connectivity index is 0.000000594. The summed E-state index contributed by atoms with van der Waals surface area (Å²) in [6.07, 6.45) is 2.98. The Kier molecular flexibility index (Phi) is 10.8. The summed E-state index contributed by atoms with van der Waals surface area (Å²) in [6, 6.07) is 1.60. The smallest absolute Gasteiger partial charge is 0.341 e. The fourth-order valence-electron chi connectivity index (χ4n) is 1.50. The van der Waals surface area contributed by atoms with E-state index >= 15 is 0 Å². The molecule has 2 rings (SSSR count). The van der Waals surface area contributed by atoms with Crippen molar-refractivity contribution >= 4 is 28.8 Å². The lowest BCUT2D eigenvalue weighted by atomic mass is 10.2. The number of carbonyl (C=O) groups is 1. The summed E-state index contributed by atoms with van der Waals surface area (Å²) >= 11 is 5.84. The van der Waals surface area contributed by atoms with E-state index in [2.05, 4.69) is 9.84 Å². The molecule has 0 aliphatic carbocycles. The molecule has 2 aromatic rings. The van der Waals surface area contributed by atoms with Crippen LogP contribution in [-0.4, -0.2) is 42.5 Å². The molecule has 0 unspecified atom stereocenters. The second-order valence-corrected chi connectivity index (χ2v) is 4.37. The van der Waals surface area contributed by atoms with Gasteiger partial charge in [-0.3, -0.25) is 0 Å². The van der Waals surface area contributed by atoms with Crippen LogP contribution in [0, 0.1) is 0 Å². The van der Waals surface area contributed by atoms with Gasteiger partial charge in [0.25, 0.3) is 0 Å². The van der Waals surface area contributed by atoms with Crippen LogP contribution in [0.3, 0.4) is 0 Å². The first-order valence-electron chi connectivity index (χ1n) is 7.33. The van der Waals surface area contributed by atoms with Crippen molar-refractivity contribution in [3.63, 3.8) is 0 Å². The fourth-order valence-corrected chi connectivity index (χ4v) is 1.65. The lowest BCUT2D eigenvalue weighted by Crippen LogP contribution is -2.05. The van der Waals surface area contributed by atoms with Gasteiger partial charge < -0.3 is 20.9 Å². The monoisotopic (exact) mass is 344 g/mol. The van der Waals surface area contributed by atoms with Crippen LogP contribution < -0.4 is 11.5 Å². The molecule has 0 radical (unpaired) electrons. The molecule has 23 heavy (non-hydrogen) atoms. The number of esters is 1. The normalized spacial score (nSPS) is 9.48. The van der Waals surface area contributed by atoms with Crippen LogP contribution in [0.4, 0.5) is 5.69 Å². The highest BCUT2D eigenvalue weighted by Gasteiger charge is 2.14. The quantitative estimate of drug-likeness (QED) is 0.825. The minimum atomic E-state index is -0.417. The summed E-state index contributed by atoms with van der Waals surface area (Å²) in [5, 5.41) is 4.39. The lowest BCUT2D eigenvalue weighted by Gasteiger charge is -2.02. The van der Waals surface area contributed by atoms with E-state index in [1.807, 2.05) is 13.8 Å². The van der Waals surface area contributed by atoms with Crippen LogP contribution in [0.2, 0.25) is 5.02 Å². The van der Waals surface area contributed by atoms with Crippen molar-refractivity contribution in [3.05, 3.63) is 29.0 Å². The van der Waals surface area contributed by atoms with Crippen molar-refractivity contribution in [2.24, 2.45) is 5.73 Å². The van der Waals surface area contributed by atoms with E-state index in [-0.39, 0.29) is 0 Å². The Bertz CT molecular complexity index is 600. The third-order valence-corrected chi connectivity index (χ3v) is 2.77. The largest absolute Gasteiger partial charge is 0.462 e. The van der Waals surface area contributed by atoms with Gasteiger partial charge in [0.2, 0.25) is 0 Å². The minimum absolute atomic E-state index is 0.319. The third kappa shape index (κ3) is 6.43. The maximum absolute atomic E-state index is 11.6. The van der Waals surface area contributed by atoms with E-state index in [9.17, 15) is 4.79 Å². The van der Waals surface area contributed by atoms with Crippen molar-refractivity contribution in [1.82, 2.24) is 9.61 Å². The Morgan fingerprint density at radius 3 is 2.57 bits per heavy atom. The number of pyridine rings is 1. The Morgan fingerprint density at radius 2 is 2.09 bits per heavy atom. The van der Waals surface area contributed by atoms with Crippen LogP contribution in [-0.2, 0) is 9.47 Å². The summed E-state index contributed by atoms with van der Waals surface area (Å²) in [6.45, 7) is 7.35. The first-order valence-corrected chi connectivity index (χ1v) is 7.71. The van der Waals surface area contributed by atoms with Gasteiger partial charge in [0.1, 0.15) is 5.56 Å². The number of aromatic nitrogens is 2. The zero-order valence-electron chi connectivity index (χ0n) is 14.0. The SMILES string of the molecule is CC.CCOC(=O)c1cnn2cc(Cl)c(N)cc12.COCCN. The zero-order chi connectivity index (χ0) is 17.8. The average Bonchev–Trinajstić information content (AvgIpc) is 2.94. The third-order valence-electron chi connectivity index (χ3n) is 2.45. The highest BCUT2D eigenvalue weighted by molar-refractivity contribution is 6.33. The molecule has 130 valence electrons. The molecule has 2 aromatic heterocycles. The number of carbonyl (C=O) groups excluding carboxylic acids is 1. The number of nitrogens with two attached hydrogens (primary N) is 2. The van der Waals surface area contributed by atoms with E-state index in [0.29, 0.717) is 41.5 Å². The van der Waals surface area contributed by atoms with Gasteiger partial charge in [0.15, 0.2) is 0 Å². The van der Waals surface area contributed by atoms with Gasteiger partial charge >= 0.3 is 5.97 Å². The fraction of sp³-hybridized carbons (Fsp3) is 0.467. The van der Waals surface area contributed by atoms with E-state index in [1.165, 1.54) is 10.7 Å². The average molecular weight is 345 g/mol. The molecule has 0 amide bonds. The lowest BCUT2D eigenvalue weighted by molar-refractivity contribution is 0.0528. The number of halogens is 1. The molecule has 0 bridgehead atoms. The summed E-state index contributed by atoms with van der Waals surface area (Å²) in [5.74, 6) is -0.417. The molecule has 2 heterocycles. The van der Waals surface area contributed by atoms with Crippen LogP contribution in [0.1, 0.15) is 31.1 Å². The molecular weight excluding hydrogens is 320 g/mol. The predicted octanol–water partition coefficient (Wildman–Crippen LogP) is 2.36. The van der Waals surface area contributed by atoms with Gasteiger partial charge in [-0.25, -0.2) is 9.31 Å². The number of anilines is 1. The van der Waals surface area contributed by atoms with Crippen LogP contribution in [0.5, 0.6) is 0 Å². The van der Waals surface area contributed by atoms with Gasteiger partial charge in [-0.1, -0.05) is 25.4 Å². The maximum Gasteiger partial charge on any atom is 0.341 e. The molecule has 0 aliphatic heterocycles. The van der Waals surface area contributed by atoms with Crippen molar-refractivity contribution in [1.29, 1.82) is 0 Å². The molecule has 0 aromatic carbocycles.